The van der Waals surface area contributed by atoms with Crippen molar-refractivity contribution in [2.45, 2.75) is 13.8 Å². The quantitative estimate of drug-likeness (QED) is 0.671. The molecule has 3 rings (SSSR count). The predicted octanol–water partition coefficient (Wildman–Crippen LogP) is 3.44. The number of hydrogen-bond donors (Lipinski definition) is 1. The maximum Gasteiger partial charge on any atom is 0.136 e. The van der Waals surface area contributed by atoms with Crippen LogP contribution >= 0.6 is 0 Å². The van der Waals surface area contributed by atoms with E-state index in [9.17, 15) is 0 Å². The van der Waals surface area contributed by atoms with Crippen LogP contribution in [0, 0.1) is 13.8 Å². The maximum absolute atomic E-state index is 5.48. The molecule has 3 nitrogen and oxygen atoms in total. The molecule has 80 valence electrons. The van der Waals surface area contributed by atoms with Gasteiger partial charge in [0.05, 0.1) is 23.6 Å². The van der Waals surface area contributed by atoms with Crippen LogP contribution in [0.5, 0.6) is 0 Å². The molecule has 3 heteroatoms. The molecule has 0 saturated carbocycles. The highest BCUT2D eigenvalue weighted by Gasteiger charge is 2.13. The van der Waals surface area contributed by atoms with Crippen LogP contribution in [0.25, 0.3) is 22.4 Å². The minimum atomic E-state index is 0.873. The summed E-state index contributed by atoms with van der Waals surface area (Å²) >= 11 is 0. The highest BCUT2D eigenvalue weighted by Crippen LogP contribution is 2.32. The zero-order valence-electron chi connectivity index (χ0n) is 9.24. The van der Waals surface area contributed by atoms with E-state index in [1.165, 1.54) is 11.1 Å². The molecule has 16 heavy (non-hydrogen) atoms. The predicted molar refractivity (Wildman–Crippen MR) is 63.3 cm³/mol. The summed E-state index contributed by atoms with van der Waals surface area (Å²) in [5.41, 5.74) is 5.56. The largest absolute Gasteiger partial charge is 0.464 e. The standard InChI is InChI=1S/C13H12N2O/c1-8-6-10-13(15-7-14-10)12(9(8)2)11-4-3-5-16-11/h3-7H,1-2H3,(H,14,15). The van der Waals surface area contributed by atoms with Crippen LogP contribution in [0.15, 0.2) is 35.2 Å². The number of aryl methyl sites for hydroxylation is 1. The molecule has 0 amide bonds. The van der Waals surface area contributed by atoms with Gasteiger partial charge in [0.25, 0.3) is 0 Å². The molecule has 2 heterocycles. The minimum Gasteiger partial charge on any atom is -0.464 e. The van der Waals surface area contributed by atoms with Crippen LogP contribution in [-0.2, 0) is 0 Å². The van der Waals surface area contributed by atoms with Crippen molar-refractivity contribution < 1.29 is 4.42 Å². The number of hydrogen-bond acceptors (Lipinski definition) is 2. The average Bonchev–Trinajstić information content (AvgIpc) is 2.89. The first-order valence-corrected chi connectivity index (χ1v) is 5.24. The topological polar surface area (TPSA) is 41.8 Å². The van der Waals surface area contributed by atoms with Gasteiger partial charge in [-0.1, -0.05) is 0 Å². The fraction of sp³-hybridized carbons (Fsp3) is 0.154. The fourth-order valence-corrected chi connectivity index (χ4v) is 2.04. The normalized spacial score (nSPS) is 11.1. The third kappa shape index (κ3) is 1.18. The monoisotopic (exact) mass is 212 g/mol. The summed E-state index contributed by atoms with van der Waals surface area (Å²) in [6.45, 7) is 4.20. The van der Waals surface area contributed by atoms with Crippen molar-refractivity contribution in [1.82, 2.24) is 9.97 Å². The van der Waals surface area contributed by atoms with Crippen molar-refractivity contribution in [2.75, 3.05) is 0 Å². The summed E-state index contributed by atoms with van der Waals surface area (Å²) in [6.07, 6.45) is 3.41. The molecule has 0 radical (unpaired) electrons. The van der Waals surface area contributed by atoms with Crippen molar-refractivity contribution in [3.63, 3.8) is 0 Å². The summed E-state index contributed by atoms with van der Waals surface area (Å²) in [6, 6.07) is 5.98. The van der Waals surface area contributed by atoms with Gasteiger partial charge in [-0.2, -0.15) is 0 Å². The summed E-state index contributed by atoms with van der Waals surface area (Å²) in [5, 5.41) is 0. The Morgan fingerprint density at radius 2 is 2.19 bits per heavy atom. The van der Waals surface area contributed by atoms with Crippen LogP contribution in [0.4, 0.5) is 0 Å². The smallest absolute Gasteiger partial charge is 0.136 e. The lowest BCUT2D eigenvalue weighted by Gasteiger charge is -2.07. The van der Waals surface area contributed by atoms with Gasteiger partial charge in [0, 0.05) is 5.56 Å². The molecule has 2 aromatic heterocycles. The van der Waals surface area contributed by atoms with Crippen LogP contribution in [0.2, 0.25) is 0 Å². The summed E-state index contributed by atoms with van der Waals surface area (Å²) in [5.74, 6) is 0.873. The van der Waals surface area contributed by atoms with Crippen LogP contribution in [-0.4, -0.2) is 9.97 Å². The molecule has 3 aromatic rings. The maximum atomic E-state index is 5.48. The molecule has 0 aliphatic carbocycles. The highest BCUT2D eigenvalue weighted by atomic mass is 16.3. The first-order chi connectivity index (χ1) is 7.77. The second-order valence-electron chi connectivity index (χ2n) is 3.97. The van der Waals surface area contributed by atoms with Crippen molar-refractivity contribution in [3.05, 3.63) is 41.9 Å². The van der Waals surface area contributed by atoms with E-state index in [4.69, 9.17) is 4.42 Å². The molecule has 0 aliphatic rings. The number of benzene rings is 1. The Hall–Kier alpha value is -2.03. The van der Waals surface area contributed by atoms with Gasteiger partial charge in [0.1, 0.15) is 5.76 Å². The third-order valence-electron chi connectivity index (χ3n) is 3.00. The van der Waals surface area contributed by atoms with Gasteiger partial charge in [0.15, 0.2) is 0 Å². The van der Waals surface area contributed by atoms with Gasteiger partial charge >= 0.3 is 0 Å². The third-order valence-corrected chi connectivity index (χ3v) is 3.00. The Kier molecular flexibility index (Phi) is 1.86. The van der Waals surface area contributed by atoms with Crippen molar-refractivity contribution in [1.29, 1.82) is 0 Å². The van der Waals surface area contributed by atoms with Crippen LogP contribution in [0.3, 0.4) is 0 Å². The van der Waals surface area contributed by atoms with Gasteiger partial charge < -0.3 is 9.40 Å². The van der Waals surface area contributed by atoms with E-state index in [-0.39, 0.29) is 0 Å². The Labute approximate surface area is 93.1 Å². The zero-order chi connectivity index (χ0) is 11.1. The number of aromatic amines is 1. The fourth-order valence-electron chi connectivity index (χ4n) is 2.04. The van der Waals surface area contributed by atoms with Crippen LogP contribution in [0.1, 0.15) is 11.1 Å². The van der Waals surface area contributed by atoms with E-state index in [0.29, 0.717) is 0 Å². The van der Waals surface area contributed by atoms with E-state index in [2.05, 4.69) is 29.9 Å². The molecule has 0 atom stereocenters. The summed E-state index contributed by atoms with van der Waals surface area (Å²) in [4.78, 5) is 7.50. The van der Waals surface area contributed by atoms with Crippen molar-refractivity contribution in [2.24, 2.45) is 0 Å². The Bertz CT molecular complexity index is 635. The van der Waals surface area contributed by atoms with Gasteiger partial charge in [-0.3, -0.25) is 0 Å². The molecule has 0 spiro atoms. The summed E-state index contributed by atoms with van der Waals surface area (Å²) < 4.78 is 5.48. The molecule has 0 saturated heterocycles. The highest BCUT2D eigenvalue weighted by molar-refractivity contribution is 5.93. The molecule has 0 aliphatic heterocycles. The second-order valence-corrected chi connectivity index (χ2v) is 3.97. The summed E-state index contributed by atoms with van der Waals surface area (Å²) in [7, 11) is 0. The van der Waals surface area contributed by atoms with E-state index in [1.807, 2.05) is 12.1 Å². The first kappa shape index (κ1) is 9.21. The number of fused-ring (bicyclic) bond motifs is 1. The van der Waals surface area contributed by atoms with E-state index < -0.39 is 0 Å². The average molecular weight is 212 g/mol. The minimum absolute atomic E-state index is 0.873. The first-order valence-electron chi connectivity index (χ1n) is 5.24. The van der Waals surface area contributed by atoms with Gasteiger partial charge in [0.2, 0.25) is 0 Å². The lowest BCUT2D eigenvalue weighted by atomic mass is 10.00. The number of rotatable bonds is 1. The van der Waals surface area contributed by atoms with Gasteiger partial charge in [-0.15, -0.1) is 0 Å². The molecule has 1 N–H and O–H groups in total. The molecule has 0 fully saturated rings. The number of nitrogens with one attached hydrogen (secondary N) is 1. The Morgan fingerprint density at radius 1 is 1.31 bits per heavy atom. The number of imidazole rings is 1. The number of H-pyrrole nitrogens is 1. The SMILES string of the molecule is Cc1cc2[nH]cnc2c(-c2ccco2)c1C. The zero-order valence-corrected chi connectivity index (χ0v) is 9.24. The molecule has 1 aromatic carbocycles. The Balaban J connectivity index is 2.45. The van der Waals surface area contributed by atoms with E-state index in [1.54, 1.807) is 12.6 Å². The number of furan rings is 1. The number of nitrogens with zero attached hydrogens (tertiary/aromatic N) is 1. The Morgan fingerprint density at radius 3 is 2.94 bits per heavy atom. The lowest BCUT2D eigenvalue weighted by Crippen LogP contribution is -1.88. The van der Waals surface area contributed by atoms with Crippen molar-refractivity contribution >= 4 is 11.0 Å². The molecular formula is C13H12N2O. The number of aromatic nitrogens is 2. The molecule has 0 unspecified atom stereocenters. The van der Waals surface area contributed by atoms with E-state index in [0.717, 1.165) is 22.4 Å². The van der Waals surface area contributed by atoms with Crippen LogP contribution < -0.4 is 0 Å². The molecule has 0 bridgehead atoms. The van der Waals surface area contributed by atoms with Gasteiger partial charge in [-0.05, 0) is 43.2 Å². The van der Waals surface area contributed by atoms with Gasteiger partial charge in [-0.25, -0.2) is 4.98 Å². The van der Waals surface area contributed by atoms with Crippen molar-refractivity contribution in [3.8, 4) is 11.3 Å². The lowest BCUT2D eigenvalue weighted by molar-refractivity contribution is 0.582. The molecular weight excluding hydrogens is 200 g/mol. The second kappa shape index (κ2) is 3.23. The van der Waals surface area contributed by atoms with E-state index >= 15 is 0 Å².